The van der Waals surface area contributed by atoms with Crippen LogP contribution in [0.5, 0.6) is 0 Å². The molecule has 1 aliphatic carbocycles. The third kappa shape index (κ3) is 4.86. The topological polar surface area (TPSA) is 93.7 Å². The maximum atomic E-state index is 8.99. The van der Waals surface area contributed by atoms with E-state index >= 15 is 0 Å². The van der Waals surface area contributed by atoms with Crippen LogP contribution in [0.15, 0.2) is 61.4 Å². The zero-order valence-corrected chi connectivity index (χ0v) is 18.8. The Morgan fingerprint density at radius 3 is 2.33 bits per heavy atom. The fraction of sp³-hybridized carbons (Fsp3) is 0.360. The van der Waals surface area contributed by atoms with Crippen molar-refractivity contribution in [1.82, 2.24) is 34.8 Å². The molecule has 8 nitrogen and oxygen atoms in total. The maximum Gasteiger partial charge on any atom is 0.159 e. The van der Waals surface area contributed by atoms with Crippen LogP contribution >= 0.6 is 0 Å². The van der Waals surface area contributed by atoms with Gasteiger partial charge in [0.05, 0.1) is 25.0 Å². The number of aromatic nitrogens is 6. The van der Waals surface area contributed by atoms with Crippen LogP contribution < -0.4 is 5.32 Å². The minimum Gasteiger partial charge on any atom is -0.395 e. The van der Waals surface area contributed by atoms with Gasteiger partial charge in [0.25, 0.3) is 0 Å². The number of benzene rings is 1. The van der Waals surface area contributed by atoms with Crippen LogP contribution in [0.1, 0.15) is 31.7 Å². The highest BCUT2D eigenvalue weighted by Gasteiger charge is 2.22. The molecule has 3 heterocycles. The lowest BCUT2D eigenvalue weighted by Gasteiger charge is -2.29. The summed E-state index contributed by atoms with van der Waals surface area (Å²) in [5, 5.41) is 21.3. The molecule has 0 radical (unpaired) electrons. The molecular formula is C25H29N7O. The minimum absolute atomic E-state index is 0.194. The molecule has 0 spiro atoms. The number of nitrogens with one attached hydrogen (secondary N) is 1. The van der Waals surface area contributed by atoms with Gasteiger partial charge in [-0.05, 0) is 37.3 Å². The standard InChI is InChI=1S/C25H29N7O/c1-31-16-21(14-29-31)18-3-2-4-19(11-18)25-27-12-20(13-28-25)22-15-30-32(17-22)24-7-5-23(6-8-24)26-9-10-33/h2-4,11-17,23-24,26,33H,5-10H2,1H3. The van der Waals surface area contributed by atoms with Crippen LogP contribution in [0.4, 0.5) is 0 Å². The molecule has 1 aromatic carbocycles. The van der Waals surface area contributed by atoms with Gasteiger partial charge in [-0.2, -0.15) is 10.2 Å². The van der Waals surface area contributed by atoms with Gasteiger partial charge in [0.1, 0.15) is 0 Å². The number of aliphatic hydroxyl groups excluding tert-OH is 1. The molecule has 2 N–H and O–H groups in total. The minimum atomic E-state index is 0.194. The fourth-order valence-electron chi connectivity index (χ4n) is 4.53. The van der Waals surface area contributed by atoms with Crippen molar-refractivity contribution in [1.29, 1.82) is 0 Å². The summed E-state index contributed by atoms with van der Waals surface area (Å²) in [7, 11) is 1.92. The van der Waals surface area contributed by atoms with Gasteiger partial charge in [0.15, 0.2) is 5.82 Å². The average Bonchev–Trinajstić information content (AvgIpc) is 3.53. The molecule has 0 amide bonds. The summed E-state index contributed by atoms with van der Waals surface area (Å²) in [4.78, 5) is 9.26. The summed E-state index contributed by atoms with van der Waals surface area (Å²) in [5.74, 6) is 0.700. The molecule has 0 saturated heterocycles. The molecule has 5 rings (SSSR count). The van der Waals surface area contributed by atoms with Crippen LogP contribution in [-0.4, -0.2) is 53.8 Å². The Hall–Kier alpha value is -3.36. The van der Waals surface area contributed by atoms with E-state index in [1.165, 1.54) is 0 Å². The third-order valence-electron chi connectivity index (χ3n) is 6.36. The second-order valence-corrected chi connectivity index (χ2v) is 8.67. The number of hydrogen-bond acceptors (Lipinski definition) is 6. The molecule has 3 aromatic heterocycles. The van der Waals surface area contributed by atoms with Crippen molar-refractivity contribution in [2.75, 3.05) is 13.2 Å². The van der Waals surface area contributed by atoms with Gasteiger partial charge in [-0.15, -0.1) is 0 Å². The molecule has 33 heavy (non-hydrogen) atoms. The molecule has 1 fully saturated rings. The van der Waals surface area contributed by atoms with Crippen molar-refractivity contribution < 1.29 is 5.11 Å². The Kier molecular flexibility index (Phi) is 6.28. The Balaban J connectivity index is 1.27. The van der Waals surface area contributed by atoms with Crippen molar-refractivity contribution >= 4 is 0 Å². The van der Waals surface area contributed by atoms with Crippen molar-refractivity contribution in [3.05, 3.63) is 61.4 Å². The van der Waals surface area contributed by atoms with Gasteiger partial charge in [-0.25, -0.2) is 9.97 Å². The molecule has 0 aliphatic heterocycles. The van der Waals surface area contributed by atoms with Crippen LogP contribution in [0.3, 0.4) is 0 Å². The zero-order chi connectivity index (χ0) is 22.6. The van der Waals surface area contributed by atoms with Crippen LogP contribution in [0.2, 0.25) is 0 Å². The van der Waals surface area contributed by atoms with Crippen molar-refractivity contribution in [2.45, 2.75) is 37.8 Å². The summed E-state index contributed by atoms with van der Waals surface area (Å²) in [6.07, 6.45) is 16.0. The van der Waals surface area contributed by atoms with Gasteiger partial charge in [-0.1, -0.05) is 18.2 Å². The number of aryl methyl sites for hydroxylation is 1. The lowest BCUT2D eigenvalue weighted by molar-refractivity contribution is 0.247. The monoisotopic (exact) mass is 443 g/mol. The third-order valence-corrected chi connectivity index (χ3v) is 6.36. The highest BCUT2D eigenvalue weighted by Crippen LogP contribution is 2.30. The highest BCUT2D eigenvalue weighted by molar-refractivity contribution is 5.70. The van der Waals surface area contributed by atoms with Gasteiger partial charge in [-0.3, -0.25) is 9.36 Å². The summed E-state index contributed by atoms with van der Waals surface area (Å²) < 4.78 is 3.89. The molecule has 0 atom stereocenters. The lowest BCUT2D eigenvalue weighted by Crippen LogP contribution is -2.35. The smallest absolute Gasteiger partial charge is 0.159 e. The SMILES string of the molecule is Cn1cc(-c2cccc(-c3ncc(-c4cnn(C5CCC(NCCO)CC5)c4)cn3)c2)cn1. The largest absolute Gasteiger partial charge is 0.395 e. The molecule has 8 heteroatoms. The number of nitrogens with zero attached hydrogens (tertiary/aromatic N) is 6. The lowest BCUT2D eigenvalue weighted by atomic mass is 9.91. The van der Waals surface area contributed by atoms with E-state index in [0.717, 1.165) is 53.5 Å². The van der Waals surface area contributed by atoms with Gasteiger partial charge < -0.3 is 10.4 Å². The van der Waals surface area contributed by atoms with Gasteiger partial charge >= 0.3 is 0 Å². The van der Waals surface area contributed by atoms with E-state index in [1.807, 2.05) is 50.2 Å². The predicted octanol–water partition coefficient (Wildman–Crippen LogP) is 3.47. The molecule has 0 bridgehead atoms. The molecule has 1 aliphatic rings. The zero-order valence-electron chi connectivity index (χ0n) is 18.8. The van der Waals surface area contributed by atoms with Crippen molar-refractivity contribution in [3.8, 4) is 33.6 Å². The Morgan fingerprint density at radius 2 is 1.61 bits per heavy atom. The highest BCUT2D eigenvalue weighted by atomic mass is 16.3. The van der Waals surface area contributed by atoms with Gasteiger partial charge in [0, 0.05) is 66.7 Å². The molecule has 1 saturated carbocycles. The first kappa shape index (κ1) is 21.5. The number of aliphatic hydroxyl groups is 1. The number of rotatable bonds is 7. The molecule has 4 aromatic rings. The fourth-order valence-corrected chi connectivity index (χ4v) is 4.53. The number of hydrogen-bond donors (Lipinski definition) is 2. The molecule has 0 unspecified atom stereocenters. The van der Waals surface area contributed by atoms with Crippen LogP contribution in [0.25, 0.3) is 33.6 Å². The molecular weight excluding hydrogens is 414 g/mol. The van der Waals surface area contributed by atoms with E-state index in [0.29, 0.717) is 24.5 Å². The van der Waals surface area contributed by atoms with Crippen LogP contribution in [0, 0.1) is 0 Å². The predicted molar refractivity (Wildman–Crippen MR) is 127 cm³/mol. The van der Waals surface area contributed by atoms with E-state index in [2.05, 4.69) is 48.5 Å². The Bertz CT molecular complexity index is 1190. The Morgan fingerprint density at radius 1 is 0.879 bits per heavy atom. The van der Waals surface area contributed by atoms with E-state index in [-0.39, 0.29) is 6.61 Å². The van der Waals surface area contributed by atoms with Crippen molar-refractivity contribution in [2.24, 2.45) is 7.05 Å². The van der Waals surface area contributed by atoms with Crippen LogP contribution in [-0.2, 0) is 7.05 Å². The average molecular weight is 444 g/mol. The second-order valence-electron chi connectivity index (χ2n) is 8.67. The second kappa shape index (κ2) is 9.64. The first-order valence-corrected chi connectivity index (χ1v) is 11.5. The summed E-state index contributed by atoms with van der Waals surface area (Å²) in [5.41, 5.74) is 5.14. The van der Waals surface area contributed by atoms with E-state index in [4.69, 9.17) is 5.11 Å². The van der Waals surface area contributed by atoms with E-state index in [1.54, 1.807) is 4.68 Å². The Labute approximate surface area is 193 Å². The van der Waals surface area contributed by atoms with E-state index < -0.39 is 0 Å². The first-order chi connectivity index (χ1) is 16.2. The summed E-state index contributed by atoms with van der Waals surface area (Å²) >= 11 is 0. The summed E-state index contributed by atoms with van der Waals surface area (Å²) in [6, 6.07) is 9.13. The van der Waals surface area contributed by atoms with Gasteiger partial charge in [0.2, 0.25) is 0 Å². The first-order valence-electron chi connectivity index (χ1n) is 11.5. The molecule has 170 valence electrons. The normalized spacial score (nSPS) is 18.5. The van der Waals surface area contributed by atoms with E-state index in [9.17, 15) is 0 Å². The summed E-state index contributed by atoms with van der Waals surface area (Å²) in [6.45, 7) is 0.865. The quantitative estimate of drug-likeness (QED) is 0.454. The maximum absolute atomic E-state index is 8.99. The van der Waals surface area contributed by atoms with Crippen molar-refractivity contribution in [3.63, 3.8) is 0 Å².